The van der Waals surface area contributed by atoms with Gasteiger partial charge in [-0.1, -0.05) is 13.8 Å². The topological polar surface area (TPSA) is 127 Å². The molecule has 4 aliphatic rings. The van der Waals surface area contributed by atoms with E-state index >= 15 is 0 Å². The Kier molecular flexibility index (Phi) is 4.87. The summed E-state index contributed by atoms with van der Waals surface area (Å²) in [5, 5.41) is 0. The van der Waals surface area contributed by atoms with Gasteiger partial charge in [0, 0.05) is 2.74 Å². The first-order valence-electron chi connectivity index (χ1n) is 13.0. The molecule has 0 aliphatic heterocycles. The molecule has 2 N–H and O–H groups in total. The largest absolute Gasteiger partial charge is 0.397 e. The summed E-state index contributed by atoms with van der Waals surface area (Å²) in [6.45, 7) is 5.24. The Morgan fingerprint density at radius 2 is 1.71 bits per heavy atom. The minimum absolute atomic E-state index is 0.0303. The summed E-state index contributed by atoms with van der Waals surface area (Å²) < 4.78 is 109. The molecule has 0 amide bonds. The van der Waals surface area contributed by atoms with E-state index in [1.807, 2.05) is 13.8 Å². The van der Waals surface area contributed by atoms with Crippen LogP contribution in [-0.2, 0) is 29.2 Å². The van der Waals surface area contributed by atoms with E-state index in [1.165, 1.54) is 6.92 Å². The van der Waals surface area contributed by atoms with E-state index in [1.54, 1.807) is 0 Å². The molecule has 4 aliphatic carbocycles. The molecule has 0 saturated heterocycles. The molecule has 180 valence electrons. The summed E-state index contributed by atoms with van der Waals surface area (Å²) in [6.07, 6.45) is -2.27. The van der Waals surface area contributed by atoms with Gasteiger partial charge in [0.25, 0.3) is 0 Å². The van der Waals surface area contributed by atoms with Crippen molar-refractivity contribution in [3.05, 3.63) is 0 Å². The minimum Gasteiger partial charge on any atom is -0.264 e. The van der Waals surface area contributed by atoms with Gasteiger partial charge in [0.05, 0.1) is 14.9 Å². The van der Waals surface area contributed by atoms with Crippen LogP contribution in [0.5, 0.6) is 0 Å². The quantitative estimate of drug-likeness (QED) is 0.560. The second kappa shape index (κ2) is 7.91. The van der Waals surface area contributed by atoms with E-state index in [9.17, 15) is 24.1 Å². The number of hydrogen-bond acceptors (Lipinski definition) is 6. The molecule has 31 heavy (non-hydrogen) atoms. The number of hydrogen-bond donors (Lipinski definition) is 2. The lowest BCUT2D eigenvalue weighted by Gasteiger charge is -2.61. The van der Waals surface area contributed by atoms with Crippen LogP contribution in [0.2, 0.25) is 0 Å². The van der Waals surface area contributed by atoms with Crippen LogP contribution >= 0.6 is 0 Å². The van der Waals surface area contributed by atoms with Gasteiger partial charge in [-0.05, 0) is 105 Å². The highest BCUT2D eigenvalue weighted by Crippen LogP contribution is 2.68. The molecule has 4 fully saturated rings. The van der Waals surface area contributed by atoms with E-state index < -0.39 is 56.1 Å². The SMILES string of the molecule is [2H]C1([2H])C[C@@]2(C)[C@@H](CC[C@@H]2[C@@]([2H])(C)OS(=O)(=O)O)[C@@H]2CC[C@H]3C[C@@]([2H])(OS(=O)(=O)O)CC[C@]3(C)[C@H]21. The van der Waals surface area contributed by atoms with Crippen LogP contribution in [0.1, 0.15) is 84.0 Å². The highest BCUT2D eigenvalue weighted by molar-refractivity contribution is 7.81. The van der Waals surface area contributed by atoms with Gasteiger partial charge >= 0.3 is 20.8 Å². The molecule has 0 heterocycles. The Morgan fingerprint density at radius 3 is 2.35 bits per heavy atom. The third-order valence-corrected chi connectivity index (χ3v) is 9.84. The molecule has 0 spiro atoms. The maximum absolute atomic E-state index is 11.4. The Bertz CT molecular complexity index is 1080. The number of rotatable bonds is 5. The minimum atomic E-state index is -4.86. The fraction of sp³-hybridized carbons (Fsp3) is 1.00. The zero-order valence-electron chi connectivity index (χ0n) is 22.2. The monoisotopic (exact) mass is 484 g/mol. The van der Waals surface area contributed by atoms with Crippen LogP contribution < -0.4 is 0 Å². The van der Waals surface area contributed by atoms with Crippen LogP contribution in [0, 0.1) is 40.4 Å². The zero-order chi connectivity index (χ0) is 26.5. The zero-order valence-corrected chi connectivity index (χ0v) is 19.8. The lowest BCUT2D eigenvalue weighted by atomic mass is 9.44. The second-order valence-corrected chi connectivity index (χ2v) is 12.5. The first kappa shape index (κ1) is 19.1. The average Bonchev–Trinajstić information content (AvgIpc) is 2.94. The first-order chi connectivity index (χ1) is 15.6. The summed E-state index contributed by atoms with van der Waals surface area (Å²) >= 11 is 0. The lowest BCUT2D eigenvalue weighted by molar-refractivity contribution is -0.129. The standard InChI is InChI=1S/C21H36O8S2/c1-13(28-30(22,23)24)17-6-7-18-16-5-4-14-12-15(29-31(25,26)27)8-10-20(14,2)19(16)9-11-21(17,18)3/h13-19H,4-12H2,1-3H3,(H,22,23,24)(H,25,26,27)/t13-,14+,15+,16+,17-,18+,19+,20+,21-/m1/s1/i9D2,13D,15D. The molecule has 0 aromatic heterocycles. The molecule has 0 unspecified atom stereocenters. The maximum Gasteiger partial charge on any atom is 0.397 e. The first-order valence-corrected chi connectivity index (χ1v) is 13.7. The van der Waals surface area contributed by atoms with Crippen LogP contribution in [0.3, 0.4) is 0 Å². The van der Waals surface area contributed by atoms with Crippen LogP contribution in [-0.4, -0.2) is 38.1 Å². The highest BCUT2D eigenvalue weighted by atomic mass is 32.3. The molecule has 10 heteroatoms. The predicted octanol–water partition coefficient (Wildman–Crippen LogP) is 4.04. The molecular formula is C21H36O8S2. The summed E-state index contributed by atoms with van der Waals surface area (Å²) in [4.78, 5) is 0. The Hall–Kier alpha value is -0.260. The van der Waals surface area contributed by atoms with E-state index in [2.05, 4.69) is 0 Å². The van der Waals surface area contributed by atoms with Crippen LogP contribution in [0.15, 0.2) is 0 Å². The molecule has 0 bridgehead atoms. The van der Waals surface area contributed by atoms with Gasteiger partial charge in [-0.25, -0.2) is 8.37 Å². The predicted molar refractivity (Wildman–Crippen MR) is 114 cm³/mol. The molecule has 4 rings (SSSR count). The third kappa shape index (κ3) is 4.45. The molecule has 8 nitrogen and oxygen atoms in total. The van der Waals surface area contributed by atoms with Crippen molar-refractivity contribution in [2.45, 2.75) is 90.7 Å². The van der Waals surface area contributed by atoms with Crippen LogP contribution in [0.4, 0.5) is 0 Å². The van der Waals surface area contributed by atoms with Crippen LogP contribution in [0.25, 0.3) is 0 Å². The Balaban J connectivity index is 1.65. The average molecular weight is 485 g/mol. The molecule has 0 aromatic rings. The van der Waals surface area contributed by atoms with E-state index in [0.717, 1.165) is 0 Å². The molecular weight excluding hydrogens is 444 g/mol. The molecule has 9 atom stereocenters. The summed E-state index contributed by atoms with van der Waals surface area (Å²) in [6, 6.07) is 0. The van der Waals surface area contributed by atoms with E-state index in [-0.39, 0.29) is 42.9 Å². The number of fused-ring (bicyclic) bond motifs is 5. The van der Waals surface area contributed by atoms with Crippen molar-refractivity contribution in [2.24, 2.45) is 40.4 Å². The maximum atomic E-state index is 11.4. The molecule has 4 saturated carbocycles. The van der Waals surface area contributed by atoms with Crippen molar-refractivity contribution in [2.75, 3.05) is 0 Å². The smallest absolute Gasteiger partial charge is 0.264 e. The van der Waals surface area contributed by atoms with Crippen molar-refractivity contribution in [1.82, 2.24) is 0 Å². The van der Waals surface area contributed by atoms with E-state index in [4.69, 9.17) is 15.7 Å². The fourth-order valence-corrected chi connectivity index (χ4v) is 8.50. The van der Waals surface area contributed by atoms with Crippen molar-refractivity contribution in [1.29, 1.82) is 0 Å². The van der Waals surface area contributed by atoms with E-state index in [0.29, 0.717) is 32.1 Å². The summed E-state index contributed by atoms with van der Waals surface area (Å²) in [5.74, 6) is -1.11. The van der Waals surface area contributed by atoms with Gasteiger partial charge in [-0.3, -0.25) is 9.11 Å². The third-order valence-electron chi connectivity index (χ3n) is 8.92. The normalized spacial score (nSPS) is 53.5. The molecule has 0 radical (unpaired) electrons. The van der Waals surface area contributed by atoms with Crippen molar-refractivity contribution in [3.63, 3.8) is 0 Å². The summed E-state index contributed by atoms with van der Waals surface area (Å²) in [5.41, 5.74) is -1.22. The Morgan fingerprint density at radius 1 is 1.00 bits per heavy atom. The lowest BCUT2D eigenvalue weighted by Crippen LogP contribution is -2.54. The Labute approximate surface area is 192 Å². The molecule has 0 aromatic carbocycles. The van der Waals surface area contributed by atoms with Gasteiger partial charge in [-0.2, -0.15) is 16.8 Å². The van der Waals surface area contributed by atoms with Crippen molar-refractivity contribution in [3.8, 4) is 0 Å². The van der Waals surface area contributed by atoms with Gasteiger partial charge in [0.15, 0.2) is 0 Å². The summed E-state index contributed by atoms with van der Waals surface area (Å²) in [7, 11) is -9.65. The van der Waals surface area contributed by atoms with Gasteiger partial charge in [0.1, 0.15) is 0 Å². The van der Waals surface area contributed by atoms with Gasteiger partial charge in [-0.15, -0.1) is 0 Å². The second-order valence-electron chi connectivity index (χ2n) is 10.4. The highest BCUT2D eigenvalue weighted by Gasteiger charge is 2.61. The van der Waals surface area contributed by atoms with Crippen molar-refractivity contribution >= 4 is 20.8 Å². The van der Waals surface area contributed by atoms with Crippen molar-refractivity contribution < 1.29 is 39.8 Å². The fourth-order valence-electron chi connectivity index (χ4n) is 7.60. The van der Waals surface area contributed by atoms with Gasteiger partial charge in [0.2, 0.25) is 0 Å². The van der Waals surface area contributed by atoms with Gasteiger partial charge < -0.3 is 0 Å².